The number of rotatable bonds is 3. The fourth-order valence-corrected chi connectivity index (χ4v) is 3.20. The summed E-state index contributed by atoms with van der Waals surface area (Å²) < 4.78 is 2.14. The summed E-state index contributed by atoms with van der Waals surface area (Å²) in [5.74, 6) is 0.857. The van der Waals surface area contributed by atoms with Crippen molar-refractivity contribution < 1.29 is 0 Å². The molecule has 3 nitrogen and oxygen atoms in total. The Labute approximate surface area is 146 Å². The summed E-state index contributed by atoms with van der Waals surface area (Å²) in [6.45, 7) is 6.76. The number of nitrogens with two attached hydrogens (primary N) is 1. The van der Waals surface area contributed by atoms with E-state index < -0.39 is 0 Å². The maximum absolute atomic E-state index is 6.34. The Morgan fingerprint density at radius 3 is 2.48 bits per heavy atom. The maximum Gasteiger partial charge on any atom is 0.126 e. The highest BCUT2D eigenvalue weighted by atomic mass is 35.5. The lowest BCUT2D eigenvalue weighted by Crippen LogP contribution is -2.14. The van der Waals surface area contributed by atoms with E-state index in [1.165, 1.54) is 11.1 Å². The van der Waals surface area contributed by atoms with Gasteiger partial charge in [0.05, 0.1) is 23.6 Å². The number of hydrogen-bond acceptors (Lipinski definition) is 2. The summed E-state index contributed by atoms with van der Waals surface area (Å²) in [7, 11) is 0. The van der Waals surface area contributed by atoms with E-state index in [-0.39, 0.29) is 6.04 Å². The largest absolute Gasteiger partial charge is 0.322 e. The fraction of sp³-hybridized carbons (Fsp3) is 0.278. The van der Waals surface area contributed by atoms with Gasteiger partial charge in [-0.25, -0.2) is 4.98 Å². The average Bonchev–Trinajstić information content (AvgIpc) is 2.81. The minimum atomic E-state index is -0.158. The van der Waals surface area contributed by atoms with Crippen molar-refractivity contribution in [1.82, 2.24) is 9.55 Å². The van der Waals surface area contributed by atoms with Crippen LogP contribution in [0.1, 0.15) is 35.5 Å². The van der Waals surface area contributed by atoms with Crippen molar-refractivity contribution >= 4 is 34.2 Å². The van der Waals surface area contributed by atoms with Crippen LogP contribution in [0.4, 0.5) is 0 Å². The Bertz CT molecular complexity index is 882. The highest BCUT2D eigenvalue weighted by molar-refractivity contribution is 6.35. The number of benzene rings is 2. The molecule has 1 atom stereocenters. The van der Waals surface area contributed by atoms with Crippen LogP contribution in [0.3, 0.4) is 0 Å². The molecule has 23 heavy (non-hydrogen) atoms. The zero-order valence-electron chi connectivity index (χ0n) is 13.4. The third kappa shape index (κ3) is 3.09. The van der Waals surface area contributed by atoms with Gasteiger partial charge in [0.1, 0.15) is 5.82 Å². The van der Waals surface area contributed by atoms with Crippen LogP contribution >= 0.6 is 23.2 Å². The third-order valence-corrected chi connectivity index (χ3v) is 4.73. The monoisotopic (exact) mass is 347 g/mol. The fourth-order valence-electron chi connectivity index (χ4n) is 2.73. The lowest BCUT2D eigenvalue weighted by molar-refractivity contribution is 0.664. The number of nitrogens with zero attached hydrogens (tertiary/aromatic N) is 2. The Kier molecular flexibility index (Phi) is 4.37. The van der Waals surface area contributed by atoms with Crippen LogP contribution < -0.4 is 5.73 Å². The van der Waals surface area contributed by atoms with Gasteiger partial charge in [0.2, 0.25) is 0 Å². The van der Waals surface area contributed by atoms with E-state index in [1.54, 1.807) is 6.07 Å². The first-order valence-corrected chi connectivity index (χ1v) is 8.29. The first-order valence-electron chi connectivity index (χ1n) is 7.53. The van der Waals surface area contributed by atoms with Gasteiger partial charge in [-0.1, -0.05) is 29.3 Å². The van der Waals surface area contributed by atoms with E-state index in [2.05, 4.69) is 30.5 Å². The number of fused-ring (bicyclic) bond motifs is 1. The predicted octanol–water partition coefficient (Wildman–Crippen LogP) is 5.03. The topological polar surface area (TPSA) is 43.8 Å². The Morgan fingerprint density at radius 1 is 1.13 bits per heavy atom. The van der Waals surface area contributed by atoms with Crippen LogP contribution in [0.5, 0.6) is 0 Å². The number of hydrogen-bond donors (Lipinski definition) is 1. The molecule has 0 bridgehead atoms. The van der Waals surface area contributed by atoms with E-state index in [1.807, 2.05) is 19.1 Å². The van der Waals surface area contributed by atoms with Crippen LogP contribution in [0, 0.1) is 13.8 Å². The summed E-state index contributed by atoms with van der Waals surface area (Å²) >= 11 is 12.3. The average molecular weight is 348 g/mol. The van der Waals surface area contributed by atoms with E-state index in [0.29, 0.717) is 16.6 Å². The quantitative estimate of drug-likeness (QED) is 0.722. The van der Waals surface area contributed by atoms with E-state index in [9.17, 15) is 0 Å². The summed E-state index contributed by atoms with van der Waals surface area (Å²) in [4.78, 5) is 4.73. The molecule has 0 saturated heterocycles. The normalized spacial score (nSPS) is 12.8. The second-order valence-electron chi connectivity index (χ2n) is 6.01. The number of aromatic nitrogens is 2. The summed E-state index contributed by atoms with van der Waals surface area (Å²) in [5.41, 5.74) is 11.6. The molecule has 1 unspecified atom stereocenters. The van der Waals surface area contributed by atoms with Gasteiger partial charge in [-0.05, 0) is 61.7 Å². The van der Waals surface area contributed by atoms with Crippen LogP contribution in [-0.2, 0) is 6.54 Å². The second kappa shape index (κ2) is 6.16. The van der Waals surface area contributed by atoms with Gasteiger partial charge in [0.15, 0.2) is 0 Å². The zero-order chi connectivity index (χ0) is 16.7. The van der Waals surface area contributed by atoms with E-state index in [0.717, 1.165) is 22.4 Å². The molecule has 0 saturated carbocycles. The van der Waals surface area contributed by atoms with Crippen molar-refractivity contribution in [1.29, 1.82) is 0 Å². The molecule has 1 heterocycles. The molecule has 0 aliphatic heterocycles. The highest BCUT2D eigenvalue weighted by Gasteiger charge is 2.16. The molecule has 2 aromatic carbocycles. The van der Waals surface area contributed by atoms with Gasteiger partial charge in [0.25, 0.3) is 0 Å². The molecule has 2 N–H and O–H groups in total. The van der Waals surface area contributed by atoms with Gasteiger partial charge in [-0.2, -0.15) is 0 Å². The standard InChI is InChI=1S/C18H19Cl2N3/c1-10-6-16-17(7-11(10)2)23(18(22-16)12(3)21)9-13-4-5-14(19)8-15(13)20/h4-8,12H,9,21H2,1-3H3. The van der Waals surface area contributed by atoms with Crippen LogP contribution in [0.15, 0.2) is 30.3 Å². The third-order valence-electron chi connectivity index (χ3n) is 4.14. The lowest BCUT2D eigenvalue weighted by atomic mass is 10.1. The maximum atomic E-state index is 6.34. The Balaban J connectivity index is 2.18. The molecule has 120 valence electrons. The van der Waals surface area contributed by atoms with E-state index in [4.69, 9.17) is 33.9 Å². The van der Waals surface area contributed by atoms with Gasteiger partial charge in [-0.3, -0.25) is 0 Å². The van der Waals surface area contributed by atoms with Gasteiger partial charge >= 0.3 is 0 Å². The van der Waals surface area contributed by atoms with Crippen molar-refractivity contribution in [3.63, 3.8) is 0 Å². The zero-order valence-corrected chi connectivity index (χ0v) is 14.9. The molecule has 5 heteroatoms. The Morgan fingerprint density at radius 2 is 1.83 bits per heavy atom. The van der Waals surface area contributed by atoms with Crippen LogP contribution in [0.25, 0.3) is 11.0 Å². The van der Waals surface area contributed by atoms with Crippen LogP contribution in [-0.4, -0.2) is 9.55 Å². The second-order valence-corrected chi connectivity index (χ2v) is 6.85. The molecule has 0 radical (unpaired) electrons. The number of aryl methyl sites for hydroxylation is 2. The van der Waals surface area contributed by atoms with Crippen LogP contribution in [0.2, 0.25) is 10.0 Å². The molecule has 0 fully saturated rings. The summed E-state index contributed by atoms with van der Waals surface area (Å²) in [6.07, 6.45) is 0. The van der Waals surface area contributed by atoms with Crippen molar-refractivity contribution in [2.24, 2.45) is 5.73 Å². The molecule has 3 aromatic rings. The SMILES string of the molecule is Cc1cc2nc(C(C)N)n(Cc3ccc(Cl)cc3Cl)c2cc1C. The van der Waals surface area contributed by atoms with Crippen molar-refractivity contribution in [2.75, 3.05) is 0 Å². The smallest absolute Gasteiger partial charge is 0.126 e. The minimum Gasteiger partial charge on any atom is -0.322 e. The molecule has 1 aromatic heterocycles. The predicted molar refractivity (Wildman–Crippen MR) is 97.4 cm³/mol. The Hall–Kier alpha value is -1.55. The molecule has 0 amide bonds. The van der Waals surface area contributed by atoms with Gasteiger partial charge in [-0.15, -0.1) is 0 Å². The first-order chi connectivity index (χ1) is 10.9. The minimum absolute atomic E-state index is 0.158. The highest BCUT2D eigenvalue weighted by Crippen LogP contribution is 2.27. The molecular formula is C18H19Cl2N3. The number of imidazole rings is 1. The molecular weight excluding hydrogens is 329 g/mol. The molecule has 3 rings (SSSR count). The lowest BCUT2D eigenvalue weighted by Gasteiger charge is -2.13. The van der Waals surface area contributed by atoms with E-state index >= 15 is 0 Å². The molecule has 0 aliphatic carbocycles. The first kappa shape index (κ1) is 16.3. The van der Waals surface area contributed by atoms with Crippen molar-refractivity contribution in [2.45, 2.75) is 33.4 Å². The van der Waals surface area contributed by atoms with Crippen molar-refractivity contribution in [3.8, 4) is 0 Å². The van der Waals surface area contributed by atoms with Gasteiger partial charge in [0, 0.05) is 10.0 Å². The summed E-state index contributed by atoms with van der Waals surface area (Å²) in [6, 6.07) is 9.67. The van der Waals surface area contributed by atoms with Crippen molar-refractivity contribution in [3.05, 3.63) is 62.9 Å². The van der Waals surface area contributed by atoms with Gasteiger partial charge < -0.3 is 10.3 Å². The number of halogens is 2. The molecule has 0 spiro atoms. The molecule has 0 aliphatic rings. The summed E-state index contributed by atoms with van der Waals surface area (Å²) in [5, 5.41) is 1.28.